The predicted molar refractivity (Wildman–Crippen MR) is 135 cm³/mol. The molecule has 0 radical (unpaired) electrons. The lowest BCUT2D eigenvalue weighted by atomic mass is 9.95. The maximum absolute atomic E-state index is 13.5. The molecule has 2 aromatic heterocycles. The van der Waals surface area contributed by atoms with E-state index in [2.05, 4.69) is 16.2 Å². The van der Waals surface area contributed by atoms with E-state index < -0.39 is 17.4 Å². The third-order valence-corrected chi connectivity index (χ3v) is 6.37. The molecule has 5 rings (SSSR count). The summed E-state index contributed by atoms with van der Waals surface area (Å²) >= 11 is 0. The molecule has 0 fully saturated rings. The summed E-state index contributed by atoms with van der Waals surface area (Å²) in [5, 5.41) is 25.4. The molecule has 0 saturated carbocycles. The Morgan fingerprint density at radius 2 is 1.81 bits per heavy atom. The Balaban J connectivity index is 1.73. The van der Waals surface area contributed by atoms with Gasteiger partial charge in [-0.3, -0.25) is 9.67 Å². The molecule has 2 heterocycles. The fourth-order valence-electron chi connectivity index (χ4n) is 4.30. The summed E-state index contributed by atoms with van der Waals surface area (Å²) in [5.74, 6) is -1.27. The first-order valence-electron chi connectivity index (χ1n) is 11.3. The normalized spacial score (nSPS) is 12.7. The highest BCUT2D eigenvalue weighted by Crippen LogP contribution is 2.41. The molecule has 37 heavy (non-hydrogen) atoms. The van der Waals surface area contributed by atoms with Crippen molar-refractivity contribution >= 4 is 27.8 Å². The van der Waals surface area contributed by atoms with Gasteiger partial charge in [-0.1, -0.05) is 24.3 Å². The van der Waals surface area contributed by atoms with Crippen LogP contribution in [-0.4, -0.2) is 33.0 Å². The van der Waals surface area contributed by atoms with Crippen molar-refractivity contribution < 1.29 is 23.8 Å². The first-order valence-corrected chi connectivity index (χ1v) is 11.3. The number of aryl methyl sites for hydroxylation is 1. The van der Waals surface area contributed by atoms with E-state index in [1.165, 1.54) is 38.3 Å². The van der Waals surface area contributed by atoms with Gasteiger partial charge in [0, 0.05) is 35.0 Å². The minimum atomic E-state index is -1.83. The molecule has 0 aliphatic rings. The second-order valence-electron chi connectivity index (χ2n) is 8.65. The zero-order valence-corrected chi connectivity index (χ0v) is 20.2. The number of nitrogens with zero attached hydrogens (tertiary/aromatic N) is 4. The predicted octanol–water partition coefficient (Wildman–Crippen LogP) is 5.19. The molecule has 0 amide bonds. The van der Waals surface area contributed by atoms with Crippen LogP contribution in [0.2, 0.25) is 0 Å². The SMILES string of the molecule is COc1cc2ncc3c(c(-c4ccc(C#N)cc4)nn3C)c2cc1OC(C)(C(=O)O)c1ccc(F)cc1. The fraction of sp³-hybridized carbons (Fsp3) is 0.143. The maximum atomic E-state index is 13.5. The lowest BCUT2D eigenvalue weighted by Crippen LogP contribution is -2.38. The van der Waals surface area contributed by atoms with Gasteiger partial charge >= 0.3 is 5.97 Å². The van der Waals surface area contributed by atoms with Crippen molar-refractivity contribution in [2.24, 2.45) is 7.05 Å². The van der Waals surface area contributed by atoms with E-state index in [1.54, 1.807) is 42.2 Å². The van der Waals surface area contributed by atoms with Crippen LogP contribution in [0.3, 0.4) is 0 Å². The molecule has 0 aliphatic carbocycles. The van der Waals surface area contributed by atoms with E-state index in [9.17, 15) is 14.3 Å². The Hall–Kier alpha value is -4.97. The second-order valence-corrected chi connectivity index (χ2v) is 8.65. The summed E-state index contributed by atoms with van der Waals surface area (Å²) in [4.78, 5) is 16.9. The lowest BCUT2D eigenvalue weighted by molar-refractivity contribution is -0.154. The zero-order chi connectivity index (χ0) is 26.3. The van der Waals surface area contributed by atoms with Crippen LogP contribution >= 0.6 is 0 Å². The van der Waals surface area contributed by atoms with Gasteiger partial charge in [0.15, 0.2) is 11.5 Å². The number of carboxylic acids is 1. The summed E-state index contributed by atoms with van der Waals surface area (Å²) < 4.78 is 26.9. The molecular weight excluding hydrogens is 475 g/mol. The van der Waals surface area contributed by atoms with Crippen molar-refractivity contribution in [3.63, 3.8) is 0 Å². The fourth-order valence-corrected chi connectivity index (χ4v) is 4.30. The molecule has 1 N–H and O–H groups in total. The lowest BCUT2D eigenvalue weighted by Gasteiger charge is -2.28. The molecular formula is C28H21FN4O4. The van der Waals surface area contributed by atoms with Crippen LogP contribution in [0.15, 0.2) is 66.9 Å². The molecule has 9 heteroatoms. The number of carboxylic acid groups (broad SMARTS) is 1. The Kier molecular flexibility index (Phi) is 5.72. The summed E-state index contributed by atoms with van der Waals surface area (Å²) in [5.41, 5.74) is 1.79. The minimum absolute atomic E-state index is 0.174. The average Bonchev–Trinajstić information content (AvgIpc) is 3.25. The molecule has 0 aliphatic heterocycles. The van der Waals surface area contributed by atoms with Gasteiger partial charge in [-0.25, -0.2) is 9.18 Å². The van der Waals surface area contributed by atoms with E-state index in [-0.39, 0.29) is 17.1 Å². The number of nitriles is 1. The summed E-state index contributed by atoms with van der Waals surface area (Å²) in [6.07, 6.45) is 1.71. The van der Waals surface area contributed by atoms with Gasteiger partial charge in [-0.2, -0.15) is 10.4 Å². The Morgan fingerprint density at radius 1 is 1.11 bits per heavy atom. The molecule has 0 spiro atoms. The van der Waals surface area contributed by atoms with Gasteiger partial charge in [-0.15, -0.1) is 0 Å². The van der Waals surface area contributed by atoms with Crippen LogP contribution in [0.25, 0.3) is 33.1 Å². The van der Waals surface area contributed by atoms with Crippen LogP contribution in [0.1, 0.15) is 18.1 Å². The highest BCUT2D eigenvalue weighted by atomic mass is 19.1. The van der Waals surface area contributed by atoms with Crippen molar-refractivity contribution in [2.75, 3.05) is 7.11 Å². The molecule has 1 atom stereocenters. The number of aromatic nitrogens is 3. The van der Waals surface area contributed by atoms with Gasteiger partial charge in [0.25, 0.3) is 0 Å². The van der Waals surface area contributed by atoms with Crippen LogP contribution in [0, 0.1) is 17.1 Å². The van der Waals surface area contributed by atoms with Gasteiger partial charge in [0.2, 0.25) is 5.60 Å². The molecule has 1 unspecified atom stereocenters. The highest BCUT2D eigenvalue weighted by Gasteiger charge is 2.39. The Bertz CT molecular complexity index is 1710. The number of halogens is 1. The molecule has 5 aromatic rings. The van der Waals surface area contributed by atoms with E-state index >= 15 is 0 Å². The van der Waals surface area contributed by atoms with E-state index in [1.807, 2.05) is 12.1 Å². The molecule has 0 bridgehead atoms. The van der Waals surface area contributed by atoms with E-state index in [0.29, 0.717) is 22.2 Å². The number of pyridine rings is 1. The van der Waals surface area contributed by atoms with Crippen LogP contribution in [0.5, 0.6) is 11.5 Å². The molecule has 0 saturated heterocycles. The zero-order valence-electron chi connectivity index (χ0n) is 20.2. The average molecular weight is 496 g/mol. The molecule has 3 aromatic carbocycles. The quantitative estimate of drug-likeness (QED) is 0.345. The Morgan fingerprint density at radius 3 is 2.43 bits per heavy atom. The number of rotatable bonds is 6. The van der Waals surface area contributed by atoms with Crippen molar-refractivity contribution in [3.05, 3.63) is 83.8 Å². The number of carbonyl (C=O) groups is 1. The van der Waals surface area contributed by atoms with Gasteiger partial charge in [-0.05, 0) is 37.3 Å². The first-order chi connectivity index (χ1) is 17.7. The second kappa shape index (κ2) is 8.91. The number of aliphatic carboxylic acids is 1. The highest BCUT2D eigenvalue weighted by molar-refractivity contribution is 6.12. The van der Waals surface area contributed by atoms with Crippen molar-refractivity contribution in [1.82, 2.24) is 14.8 Å². The minimum Gasteiger partial charge on any atom is -0.493 e. The van der Waals surface area contributed by atoms with Gasteiger partial charge in [0.1, 0.15) is 11.5 Å². The summed E-state index contributed by atoms with van der Waals surface area (Å²) in [6.45, 7) is 1.40. The number of hydrogen-bond acceptors (Lipinski definition) is 6. The Labute approximate surface area is 211 Å². The van der Waals surface area contributed by atoms with Crippen LogP contribution in [-0.2, 0) is 17.4 Å². The largest absolute Gasteiger partial charge is 0.493 e. The standard InChI is InChI=1S/C28H21FN4O4/c1-28(27(34)35,18-8-10-19(29)11-9-18)37-24-12-20-21(13-23(24)36-3)31-15-22-25(20)26(32-33(22)2)17-6-4-16(14-30)5-7-17/h4-13,15H,1-3H3,(H,34,35). The maximum Gasteiger partial charge on any atom is 0.352 e. The van der Waals surface area contributed by atoms with Crippen molar-refractivity contribution in [1.29, 1.82) is 5.26 Å². The summed E-state index contributed by atoms with van der Waals surface area (Å²) in [7, 11) is 3.26. The number of methoxy groups -OCH3 is 1. The topological polar surface area (TPSA) is 110 Å². The van der Waals surface area contributed by atoms with Gasteiger partial charge in [0.05, 0.1) is 36.0 Å². The number of fused-ring (bicyclic) bond motifs is 3. The van der Waals surface area contributed by atoms with Crippen LogP contribution in [0.4, 0.5) is 4.39 Å². The number of hydrogen-bond donors (Lipinski definition) is 1. The summed E-state index contributed by atoms with van der Waals surface area (Å²) in [6, 6.07) is 17.7. The smallest absolute Gasteiger partial charge is 0.352 e. The number of benzene rings is 3. The van der Waals surface area contributed by atoms with Crippen molar-refractivity contribution in [3.8, 4) is 28.8 Å². The monoisotopic (exact) mass is 496 g/mol. The van der Waals surface area contributed by atoms with Gasteiger partial charge < -0.3 is 14.6 Å². The number of ether oxygens (including phenoxy) is 2. The third-order valence-electron chi connectivity index (χ3n) is 6.37. The van der Waals surface area contributed by atoms with E-state index in [4.69, 9.17) is 14.7 Å². The third kappa shape index (κ3) is 3.98. The van der Waals surface area contributed by atoms with E-state index in [0.717, 1.165) is 16.5 Å². The molecule has 8 nitrogen and oxygen atoms in total. The van der Waals surface area contributed by atoms with Crippen molar-refractivity contribution in [2.45, 2.75) is 12.5 Å². The first kappa shape index (κ1) is 23.8. The van der Waals surface area contributed by atoms with Crippen LogP contribution < -0.4 is 9.47 Å². The molecule has 184 valence electrons.